The number of ether oxygens (including phenoxy) is 1. The van der Waals surface area contributed by atoms with Gasteiger partial charge in [0.05, 0.1) is 33.7 Å². The molecule has 1 aliphatic rings. The minimum absolute atomic E-state index is 0.0233. The maximum Gasteiger partial charge on any atom is 0.294 e. The quantitative estimate of drug-likeness (QED) is 0.498. The highest BCUT2D eigenvalue weighted by molar-refractivity contribution is 8.18. The molecule has 2 aromatic carbocycles. The van der Waals surface area contributed by atoms with Crippen LogP contribution in [-0.2, 0) is 9.59 Å². The molecule has 8 nitrogen and oxygen atoms in total. The monoisotopic (exact) mass is 504 g/mol. The minimum Gasteiger partial charge on any atom is -0.495 e. The first-order valence-corrected chi connectivity index (χ1v) is 10.9. The van der Waals surface area contributed by atoms with Gasteiger partial charge in [-0.25, -0.2) is 0 Å². The number of methoxy groups -OCH3 is 1. The van der Waals surface area contributed by atoms with Gasteiger partial charge in [0, 0.05) is 5.02 Å². The van der Waals surface area contributed by atoms with Crippen LogP contribution in [0.1, 0.15) is 5.56 Å². The lowest BCUT2D eigenvalue weighted by atomic mass is 10.1. The molecule has 1 saturated heterocycles. The van der Waals surface area contributed by atoms with Crippen LogP contribution in [0.5, 0.6) is 5.75 Å². The fourth-order valence-corrected chi connectivity index (χ4v) is 4.51. The first-order chi connectivity index (χ1) is 15.8. The van der Waals surface area contributed by atoms with Crippen molar-refractivity contribution < 1.29 is 23.5 Å². The fraction of sp³-hybridized carbons (Fsp3) is 0.0909. The number of imide groups is 1. The molecule has 0 radical (unpaired) electrons. The van der Waals surface area contributed by atoms with Gasteiger partial charge >= 0.3 is 0 Å². The molecule has 2 heterocycles. The summed E-state index contributed by atoms with van der Waals surface area (Å²) < 4.78 is 10.6. The molecule has 0 unspecified atom stereocenters. The average Bonchev–Trinajstić information content (AvgIpc) is 3.03. The number of halogens is 2. The number of nitrogens with zero attached hydrogens (tertiary/aromatic N) is 1. The number of anilines is 1. The largest absolute Gasteiger partial charge is 0.495 e. The van der Waals surface area contributed by atoms with Gasteiger partial charge in [0.15, 0.2) is 11.0 Å². The molecular formula is C22H14Cl2N2O6S. The normalized spacial score (nSPS) is 14.9. The van der Waals surface area contributed by atoms with E-state index in [1.165, 1.54) is 25.3 Å². The summed E-state index contributed by atoms with van der Waals surface area (Å²) in [6, 6.07) is 9.57. The summed E-state index contributed by atoms with van der Waals surface area (Å²) in [5.41, 5.74) is 0.120. The molecular weight excluding hydrogens is 491 g/mol. The van der Waals surface area contributed by atoms with Gasteiger partial charge in [0.2, 0.25) is 5.91 Å². The molecule has 0 spiro atoms. The minimum atomic E-state index is -0.705. The van der Waals surface area contributed by atoms with E-state index >= 15 is 0 Å². The second-order valence-corrected chi connectivity index (χ2v) is 8.64. The lowest BCUT2D eigenvalue weighted by molar-refractivity contribution is -0.127. The predicted molar refractivity (Wildman–Crippen MR) is 127 cm³/mol. The summed E-state index contributed by atoms with van der Waals surface area (Å²) in [6.07, 6.45) is 2.38. The molecule has 0 saturated carbocycles. The van der Waals surface area contributed by atoms with Gasteiger partial charge in [0.25, 0.3) is 11.1 Å². The van der Waals surface area contributed by atoms with Crippen LogP contribution >= 0.6 is 35.0 Å². The predicted octanol–water partition coefficient (Wildman–Crippen LogP) is 4.78. The number of hydrogen-bond acceptors (Lipinski definition) is 7. The van der Waals surface area contributed by atoms with Crippen molar-refractivity contribution in [2.45, 2.75) is 0 Å². The van der Waals surface area contributed by atoms with E-state index in [0.717, 1.165) is 11.2 Å². The molecule has 1 aromatic heterocycles. The van der Waals surface area contributed by atoms with Crippen LogP contribution < -0.4 is 15.5 Å². The Morgan fingerprint density at radius 3 is 2.73 bits per heavy atom. The van der Waals surface area contributed by atoms with Crippen LogP contribution in [0.2, 0.25) is 10.0 Å². The summed E-state index contributed by atoms with van der Waals surface area (Å²) >= 11 is 12.6. The van der Waals surface area contributed by atoms with Crippen molar-refractivity contribution in [3.8, 4) is 5.75 Å². The third-order valence-electron chi connectivity index (χ3n) is 4.66. The molecule has 0 atom stereocenters. The number of nitrogens with one attached hydrogen (secondary N) is 1. The van der Waals surface area contributed by atoms with Crippen molar-refractivity contribution in [3.63, 3.8) is 0 Å². The van der Waals surface area contributed by atoms with Crippen LogP contribution in [0.3, 0.4) is 0 Å². The summed E-state index contributed by atoms with van der Waals surface area (Å²) in [6.45, 7) is -0.502. The summed E-state index contributed by atoms with van der Waals surface area (Å²) in [5.74, 6) is -0.857. The summed E-state index contributed by atoms with van der Waals surface area (Å²) in [7, 11) is 1.46. The number of carbonyl (C=O) groups is 3. The van der Waals surface area contributed by atoms with Crippen LogP contribution in [0.15, 0.2) is 56.8 Å². The highest BCUT2D eigenvalue weighted by atomic mass is 35.5. The molecule has 0 bridgehead atoms. The number of para-hydroxylation sites is 2. The van der Waals surface area contributed by atoms with Crippen molar-refractivity contribution in [2.24, 2.45) is 0 Å². The van der Waals surface area contributed by atoms with Gasteiger partial charge < -0.3 is 14.5 Å². The maximum absolute atomic E-state index is 12.8. The molecule has 0 aliphatic carbocycles. The Bertz CT molecular complexity index is 1400. The molecule has 11 heteroatoms. The maximum atomic E-state index is 12.8. The molecule has 33 heavy (non-hydrogen) atoms. The highest BCUT2D eigenvalue weighted by Gasteiger charge is 2.36. The first kappa shape index (κ1) is 22.9. The van der Waals surface area contributed by atoms with Gasteiger partial charge in [-0.3, -0.25) is 24.1 Å². The van der Waals surface area contributed by atoms with E-state index in [9.17, 15) is 19.2 Å². The molecule has 1 aliphatic heterocycles. The Morgan fingerprint density at radius 1 is 1.21 bits per heavy atom. The van der Waals surface area contributed by atoms with E-state index in [2.05, 4.69) is 5.32 Å². The Balaban J connectivity index is 1.56. The Hall–Kier alpha value is -3.27. The van der Waals surface area contributed by atoms with Crippen LogP contribution in [0.4, 0.5) is 10.5 Å². The molecule has 3 amide bonds. The number of amides is 3. The second kappa shape index (κ2) is 9.30. The van der Waals surface area contributed by atoms with Crippen molar-refractivity contribution >= 4 is 74.7 Å². The molecule has 168 valence electrons. The molecule has 1 fully saturated rings. The van der Waals surface area contributed by atoms with Gasteiger partial charge in [-0.2, -0.15) is 0 Å². The first-order valence-electron chi connectivity index (χ1n) is 9.37. The molecule has 1 N–H and O–H groups in total. The third-order valence-corrected chi connectivity index (χ3v) is 6.07. The van der Waals surface area contributed by atoms with E-state index in [1.807, 2.05) is 0 Å². The van der Waals surface area contributed by atoms with E-state index in [0.29, 0.717) is 23.2 Å². The fourth-order valence-electron chi connectivity index (χ4n) is 3.14. The zero-order valence-electron chi connectivity index (χ0n) is 16.9. The van der Waals surface area contributed by atoms with Crippen molar-refractivity contribution in [3.05, 3.63) is 73.4 Å². The van der Waals surface area contributed by atoms with Crippen molar-refractivity contribution in [1.29, 1.82) is 0 Å². The Labute approximate surface area is 201 Å². The summed E-state index contributed by atoms with van der Waals surface area (Å²) in [5, 5.41) is 2.52. The SMILES string of the molecule is COc1ccccc1NC(=O)CN1C(=O)S/C(=C\c2coc3c(Cl)cc(Cl)cc3c2=O)C1=O. The lowest BCUT2D eigenvalue weighted by Crippen LogP contribution is -2.36. The average molecular weight is 505 g/mol. The van der Waals surface area contributed by atoms with Crippen LogP contribution in [-0.4, -0.2) is 35.6 Å². The zero-order valence-corrected chi connectivity index (χ0v) is 19.2. The van der Waals surface area contributed by atoms with Gasteiger partial charge in [-0.15, -0.1) is 0 Å². The van der Waals surface area contributed by atoms with E-state index < -0.39 is 29.0 Å². The summed E-state index contributed by atoms with van der Waals surface area (Å²) in [4.78, 5) is 51.1. The van der Waals surface area contributed by atoms with Crippen LogP contribution in [0.25, 0.3) is 17.0 Å². The number of carbonyl (C=O) groups excluding carboxylic acids is 3. The Kier molecular flexibility index (Phi) is 6.46. The highest BCUT2D eigenvalue weighted by Crippen LogP contribution is 2.33. The number of fused-ring (bicyclic) bond motifs is 1. The van der Waals surface area contributed by atoms with Gasteiger partial charge in [0.1, 0.15) is 18.6 Å². The topological polar surface area (TPSA) is 106 Å². The smallest absolute Gasteiger partial charge is 0.294 e. The number of benzene rings is 2. The number of thioether (sulfide) groups is 1. The number of hydrogen-bond donors (Lipinski definition) is 1. The third kappa shape index (κ3) is 4.61. The standard InChI is InChI=1S/C22H14Cl2N2O6S/c1-31-16-5-3-2-4-15(16)25-18(27)9-26-21(29)17(33-22(26)30)6-11-10-32-20-13(19(11)28)7-12(23)8-14(20)24/h2-8,10H,9H2,1H3,(H,25,27)/b17-6-. The van der Waals surface area contributed by atoms with E-state index in [-0.39, 0.29) is 31.5 Å². The van der Waals surface area contributed by atoms with Crippen LogP contribution in [0, 0.1) is 0 Å². The second-order valence-electron chi connectivity index (χ2n) is 6.80. The van der Waals surface area contributed by atoms with Gasteiger partial charge in [-0.05, 0) is 42.1 Å². The van der Waals surface area contributed by atoms with Crippen molar-refractivity contribution in [2.75, 3.05) is 19.0 Å². The Morgan fingerprint density at radius 2 is 1.97 bits per heavy atom. The van der Waals surface area contributed by atoms with E-state index in [1.54, 1.807) is 24.3 Å². The molecule has 3 aromatic rings. The lowest BCUT2D eigenvalue weighted by Gasteiger charge is -2.14. The van der Waals surface area contributed by atoms with Crippen molar-refractivity contribution in [1.82, 2.24) is 4.90 Å². The van der Waals surface area contributed by atoms with Gasteiger partial charge in [-0.1, -0.05) is 35.3 Å². The number of rotatable bonds is 5. The van der Waals surface area contributed by atoms with E-state index in [4.69, 9.17) is 32.4 Å². The molecule has 4 rings (SSSR count). The zero-order chi connectivity index (χ0) is 23.7.